The van der Waals surface area contributed by atoms with Crippen molar-refractivity contribution in [3.8, 4) is 17.1 Å². The number of rotatable bonds is 9. The standard InChI is InChI=1S/C26H19Cl4N3O3S/c1-2-33-24(15-3-6-18(27)7-4-15)31-32-26(33)37-23(25(34)35)12-17-11-19(28)9-10-22(17)36-14-16-5-8-20(29)13-21(16)30/h3-13H,2,14H2,1H3,(H,34,35)/b23-12-. The highest BCUT2D eigenvalue weighted by Crippen LogP contribution is 2.34. The normalized spacial score (nSPS) is 11.5. The lowest BCUT2D eigenvalue weighted by molar-refractivity contribution is -0.131. The highest BCUT2D eigenvalue weighted by atomic mass is 35.5. The van der Waals surface area contributed by atoms with Gasteiger partial charge in [-0.15, -0.1) is 10.2 Å². The van der Waals surface area contributed by atoms with Gasteiger partial charge in [0.2, 0.25) is 0 Å². The molecule has 1 heterocycles. The van der Waals surface area contributed by atoms with Crippen LogP contribution in [-0.2, 0) is 17.9 Å². The predicted molar refractivity (Wildman–Crippen MR) is 150 cm³/mol. The van der Waals surface area contributed by atoms with Crippen molar-refractivity contribution in [2.45, 2.75) is 25.2 Å². The van der Waals surface area contributed by atoms with Crippen LogP contribution in [0.4, 0.5) is 0 Å². The van der Waals surface area contributed by atoms with Crippen molar-refractivity contribution >= 4 is 70.2 Å². The molecule has 1 aromatic heterocycles. The van der Waals surface area contributed by atoms with Gasteiger partial charge in [-0.05, 0) is 79.4 Å². The minimum absolute atomic E-state index is 0.0152. The molecule has 4 rings (SSSR count). The van der Waals surface area contributed by atoms with E-state index in [0.717, 1.165) is 22.9 Å². The second-order valence-electron chi connectivity index (χ2n) is 7.68. The van der Waals surface area contributed by atoms with Gasteiger partial charge in [-0.25, -0.2) is 4.79 Å². The van der Waals surface area contributed by atoms with Gasteiger partial charge in [0, 0.05) is 43.3 Å². The number of halogens is 4. The summed E-state index contributed by atoms with van der Waals surface area (Å²) in [6.07, 6.45) is 1.49. The summed E-state index contributed by atoms with van der Waals surface area (Å²) in [5, 5.41) is 20.9. The molecule has 0 saturated carbocycles. The molecule has 0 atom stereocenters. The SMILES string of the molecule is CCn1c(S/C(=C\c2cc(Cl)ccc2OCc2ccc(Cl)cc2Cl)C(=O)O)nnc1-c1ccc(Cl)cc1. The van der Waals surface area contributed by atoms with E-state index in [0.29, 0.717) is 48.9 Å². The van der Waals surface area contributed by atoms with Gasteiger partial charge in [0.1, 0.15) is 17.3 Å². The zero-order valence-electron chi connectivity index (χ0n) is 19.3. The van der Waals surface area contributed by atoms with Gasteiger partial charge in [-0.3, -0.25) is 0 Å². The number of aliphatic carboxylic acids is 1. The van der Waals surface area contributed by atoms with E-state index in [1.165, 1.54) is 6.08 Å². The van der Waals surface area contributed by atoms with Crippen LogP contribution in [0.3, 0.4) is 0 Å². The molecule has 1 N–H and O–H groups in total. The van der Waals surface area contributed by atoms with E-state index in [-0.39, 0.29) is 11.5 Å². The van der Waals surface area contributed by atoms with E-state index in [9.17, 15) is 9.90 Å². The molecule has 0 radical (unpaired) electrons. The summed E-state index contributed by atoms with van der Waals surface area (Å²) >= 11 is 25.4. The van der Waals surface area contributed by atoms with Crippen LogP contribution < -0.4 is 4.74 Å². The minimum Gasteiger partial charge on any atom is -0.488 e. The van der Waals surface area contributed by atoms with Crippen LogP contribution in [0.2, 0.25) is 20.1 Å². The van der Waals surface area contributed by atoms with E-state index in [2.05, 4.69) is 10.2 Å². The Morgan fingerprint density at radius 1 is 0.973 bits per heavy atom. The highest BCUT2D eigenvalue weighted by molar-refractivity contribution is 8.04. The Bertz CT molecular complexity index is 1470. The molecule has 4 aromatic rings. The van der Waals surface area contributed by atoms with E-state index in [1.54, 1.807) is 48.5 Å². The van der Waals surface area contributed by atoms with Crippen LogP contribution in [0.5, 0.6) is 5.75 Å². The fourth-order valence-corrected chi connectivity index (χ4v) is 5.04. The van der Waals surface area contributed by atoms with Gasteiger partial charge in [0.25, 0.3) is 0 Å². The Balaban J connectivity index is 1.64. The van der Waals surface area contributed by atoms with Gasteiger partial charge in [-0.1, -0.05) is 52.5 Å². The van der Waals surface area contributed by atoms with Crippen LogP contribution in [0, 0.1) is 0 Å². The molecule has 0 unspecified atom stereocenters. The third-order valence-corrected chi connectivity index (χ3v) is 7.28. The Hall–Kier alpha value is -2.68. The average Bonchev–Trinajstić information content (AvgIpc) is 3.27. The van der Waals surface area contributed by atoms with Crippen LogP contribution in [0.1, 0.15) is 18.1 Å². The van der Waals surface area contributed by atoms with Gasteiger partial charge >= 0.3 is 5.97 Å². The Labute approximate surface area is 237 Å². The summed E-state index contributed by atoms with van der Waals surface area (Å²) in [4.78, 5) is 12.2. The third kappa shape index (κ3) is 6.80. The minimum atomic E-state index is -1.13. The van der Waals surface area contributed by atoms with Crippen LogP contribution in [-0.4, -0.2) is 25.8 Å². The number of hydrogen-bond acceptors (Lipinski definition) is 5. The average molecular weight is 595 g/mol. The first-order valence-corrected chi connectivity index (χ1v) is 13.3. The van der Waals surface area contributed by atoms with Crippen LogP contribution >= 0.6 is 58.2 Å². The lowest BCUT2D eigenvalue weighted by atomic mass is 10.2. The first kappa shape index (κ1) is 27.4. The van der Waals surface area contributed by atoms with Crippen molar-refractivity contribution in [1.29, 1.82) is 0 Å². The van der Waals surface area contributed by atoms with Crippen LogP contribution in [0.15, 0.2) is 70.7 Å². The monoisotopic (exact) mass is 593 g/mol. The van der Waals surface area contributed by atoms with Crippen molar-refractivity contribution in [2.75, 3.05) is 0 Å². The number of benzene rings is 3. The molecule has 37 heavy (non-hydrogen) atoms. The topological polar surface area (TPSA) is 77.2 Å². The van der Waals surface area contributed by atoms with Crippen LogP contribution in [0.25, 0.3) is 17.5 Å². The molecule has 0 amide bonds. The molecule has 11 heteroatoms. The second-order valence-corrected chi connectivity index (χ2v) is 10.4. The van der Waals surface area contributed by atoms with Gasteiger partial charge < -0.3 is 14.4 Å². The van der Waals surface area contributed by atoms with Gasteiger partial charge in [0.05, 0.1) is 0 Å². The van der Waals surface area contributed by atoms with E-state index < -0.39 is 5.97 Å². The molecule has 0 aliphatic carbocycles. The number of carbonyl (C=O) groups is 1. The molecule has 0 fully saturated rings. The number of carboxylic acid groups (broad SMARTS) is 1. The molecule has 6 nitrogen and oxygen atoms in total. The second kappa shape index (κ2) is 12.2. The molecule has 0 saturated heterocycles. The summed E-state index contributed by atoms with van der Waals surface area (Å²) in [7, 11) is 0. The molecule has 0 aliphatic rings. The lowest BCUT2D eigenvalue weighted by Gasteiger charge is -2.12. The fraction of sp³-hybridized carbons (Fsp3) is 0.115. The maximum absolute atomic E-state index is 12.2. The Kier molecular flexibility index (Phi) is 9.05. The summed E-state index contributed by atoms with van der Waals surface area (Å²) < 4.78 is 7.81. The zero-order chi connectivity index (χ0) is 26.5. The predicted octanol–water partition coefficient (Wildman–Crippen LogP) is 8.38. The van der Waals surface area contributed by atoms with Crippen molar-refractivity contribution in [3.63, 3.8) is 0 Å². The van der Waals surface area contributed by atoms with Gasteiger partial charge in [-0.2, -0.15) is 0 Å². The van der Waals surface area contributed by atoms with Crippen molar-refractivity contribution in [2.24, 2.45) is 0 Å². The molecule has 190 valence electrons. The molecule has 3 aromatic carbocycles. The van der Waals surface area contributed by atoms with E-state index in [4.69, 9.17) is 51.1 Å². The summed E-state index contributed by atoms with van der Waals surface area (Å²) in [5.41, 5.74) is 2.04. The first-order valence-electron chi connectivity index (χ1n) is 10.9. The smallest absolute Gasteiger partial charge is 0.342 e. The third-order valence-electron chi connectivity index (χ3n) is 5.20. The molecular weight excluding hydrogens is 576 g/mol. The number of thioether (sulfide) groups is 1. The Morgan fingerprint density at radius 2 is 1.65 bits per heavy atom. The lowest BCUT2D eigenvalue weighted by Crippen LogP contribution is -2.03. The summed E-state index contributed by atoms with van der Waals surface area (Å²) in [6, 6.07) is 17.3. The van der Waals surface area contributed by atoms with Crippen molar-refractivity contribution in [1.82, 2.24) is 14.8 Å². The number of nitrogens with zero attached hydrogens (tertiary/aromatic N) is 3. The number of carboxylic acids is 1. The fourth-order valence-electron chi connectivity index (χ4n) is 3.39. The van der Waals surface area contributed by atoms with Gasteiger partial charge in [0.15, 0.2) is 11.0 Å². The largest absolute Gasteiger partial charge is 0.488 e. The maximum Gasteiger partial charge on any atom is 0.342 e. The van der Waals surface area contributed by atoms with Crippen molar-refractivity contribution < 1.29 is 14.6 Å². The Morgan fingerprint density at radius 3 is 2.32 bits per heavy atom. The molecule has 0 spiro atoms. The number of hydrogen-bond donors (Lipinski definition) is 1. The number of aromatic nitrogens is 3. The molecule has 0 aliphatic heterocycles. The first-order chi connectivity index (χ1) is 17.7. The zero-order valence-corrected chi connectivity index (χ0v) is 23.1. The van der Waals surface area contributed by atoms with Crippen molar-refractivity contribution in [3.05, 3.63) is 96.8 Å². The highest BCUT2D eigenvalue weighted by Gasteiger charge is 2.19. The van der Waals surface area contributed by atoms with E-state index >= 15 is 0 Å². The molecular formula is C26H19Cl4N3O3S. The maximum atomic E-state index is 12.2. The molecule has 0 bridgehead atoms. The quantitative estimate of drug-likeness (QED) is 0.155. The number of ether oxygens (including phenoxy) is 1. The summed E-state index contributed by atoms with van der Waals surface area (Å²) in [5.74, 6) is -0.0815. The van der Waals surface area contributed by atoms with E-state index in [1.807, 2.05) is 23.6 Å². The summed E-state index contributed by atoms with van der Waals surface area (Å²) in [6.45, 7) is 2.62.